The van der Waals surface area contributed by atoms with Gasteiger partial charge in [-0.25, -0.2) is 9.97 Å². The molecule has 4 rings (SSSR count). The van der Waals surface area contributed by atoms with E-state index < -0.39 is 0 Å². The maximum Gasteiger partial charge on any atom is 0.202 e. The van der Waals surface area contributed by atoms with E-state index in [1.54, 1.807) is 12.3 Å². The molecule has 2 aromatic heterocycles. The standard InChI is InChI=1S/C17H17Cl2N5/c1-10-5-7-24(8-6-10)13-9-20-16-15(22-23-17(16)21-13)11-3-2-4-12(18)14(11)19/h2-4,9-10H,5-8H2,1H3,(H,21,22,23)/i10D. The minimum absolute atomic E-state index is 0.350. The molecule has 0 bridgehead atoms. The third kappa shape index (κ3) is 2.72. The molecule has 0 saturated carbocycles. The van der Waals surface area contributed by atoms with Gasteiger partial charge in [0.25, 0.3) is 0 Å². The summed E-state index contributed by atoms with van der Waals surface area (Å²) in [6, 6.07) is 5.45. The van der Waals surface area contributed by atoms with Gasteiger partial charge in [0.2, 0.25) is 5.65 Å². The number of aromatic amines is 1. The van der Waals surface area contributed by atoms with Crippen molar-refractivity contribution >= 4 is 40.2 Å². The third-order valence-electron chi connectivity index (χ3n) is 4.41. The summed E-state index contributed by atoms with van der Waals surface area (Å²) in [6.45, 7) is 3.59. The highest BCUT2D eigenvalue weighted by atomic mass is 35.5. The molecular formula is C17H17Cl2N5. The molecule has 24 heavy (non-hydrogen) atoms. The molecule has 3 aromatic rings. The van der Waals surface area contributed by atoms with Gasteiger partial charge in [0.1, 0.15) is 11.3 Å². The number of halogens is 2. The lowest BCUT2D eigenvalue weighted by Crippen LogP contribution is -2.33. The number of nitrogens with one attached hydrogen (secondary N) is 1. The first-order chi connectivity index (χ1) is 11.9. The first-order valence-corrected chi connectivity index (χ1v) is 8.61. The van der Waals surface area contributed by atoms with E-state index in [9.17, 15) is 0 Å². The molecule has 3 heterocycles. The zero-order valence-electron chi connectivity index (χ0n) is 14.2. The lowest BCUT2D eigenvalue weighted by molar-refractivity contribution is 0.436. The van der Waals surface area contributed by atoms with E-state index in [1.807, 2.05) is 19.1 Å². The maximum atomic E-state index is 8.14. The molecule has 1 fully saturated rings. The van der Waals surface area contributed by atoms with Gasteiger partial charge in [0, 0.05) is 20.0 Å². The Balaban J connectivity index is 1.69. The zero-order valence-corrected chi connectivity index (χ0v) is 14.7. The van der Waals surface area contributed by atoms with Crippen molar-refractivity contribution in [1.29, 1.82) is 0 Å². The molecule has 0 radical (unpaired) electrons. The lowest BCUT2D eigenvalue weighted by atomic mass is 9.99. The van der Waals surface area contributed by atoms with Crippen LogP contribution in [0.15, 0.2) is 24.4 Å². The van der Waals surface area contributed by atoms with Crippen LogP contribution in [-0.4, -0.2) is 33.3 Å². The van der Waals surface area contributed by atoms with Crippen molar-refractivity contribution in [2.24, 2.45) is 5.89 Å². The second-order valence-electron chi connectivity index (χ2n) is 6.04. The van der Waals surface area contributed by atoms with Crippen molar-refractivity contribution < 1.29 is 1.37 Å². The number of anilines is 1. The zero-order chi connectivity index (χ0) is 17.6. The van der Waals surface area contributed by atoms with Gasteiger partial charge in [-0.3, -0.25) is 5.10 Å². The molecule has 1 aliphatic rings. The average molecular weight is 363 g/mol. The van der Waals surface area contributed by atoms with Gasteiger partial charge >= 0.3 is 0 Å². The van der Waals surface area contributed by atoms with Gasteiger partial charge in [-0.2, -0.15) is 5.10 Å². The number of nitrogens with zero attached hydrogens (tertiary/aromatic N) is 4. The van der Waals surface area contributed by atoms with Crippen LogP contribution in [0.25, 0.3) is 22.4 Å². The summed E-state index contributed by atoms with van der Waals surface area (Å²) in [5, 5.41) is 8.21. The Morgan fingerprint density at radius 2 is 2.08 bits per heavy atom. The summed E-state index contributed by atoms with van der Waals surface area (Å²) in [6.07, 6.45) is 3.39. The van der Waals surface area contributed by atoms with Crippen LogP contribution in [0.1, 0.15) is 21.1 Å². The van der Waals surface area contributed by atoms with E-state index in [0.717, 1.165) is 37.3 Å². The van der Waals surface area contributed by atoms with E-state index in [2.05, 4.69) is 25.1 Å². The Labute approximate surface area is 151 Å². The quantitative estimate of drug-likeness (QED) is 0.725. The van der Waals surface area contributed by atoms with Gasteiger partial charge < -0.3 is 4.90 Å². The molecule has 0 amide bonds. The van der Waals surface area contributed by atoms with Crippen LogP contribution in [-0.2, 0) is 0 Å². The van der Waals surface area contributed by atoms with Gasteiger partial charge in [-0.1, -0.05) is 42.3 Å². The molecule has 124 valence electrons. The van der Waals surface area contributed by atoms with E-state index in [-0.39, 0.29) is 5.89 Å². The molecule has 1 aromatic carbocycles. The minimum atomic E-state index is -0.350. The molecule has 7 heteroatoms. The molecular weight excluding hydrogens is 345 g/mol. The van der Waals surface area contributed by atoms with E-state index in [0.29, 0.717) is 26.9 Å². The Morgan fingerprint density at radius 1 is 1.29 bits per heavy atom. The number of piperidine rings is 1. The topological polar surface area (TPSA) is 57.7 Å². The van der Waals surface area contributed by atoms with Crippen LogP contribution in [0.5, 0.6) is 0 Å². The van der Waals surface area contributed by atoms with Crippen LogP contribution >= 0.6 is 23.2 Å². The number of benzene rings is 1. The van der Waals surface area contributed by atoms with Gasteiger partial charge in [0.05, 0.1) is 21.9 Å². The highest BCUT2D eigenvalue weighted by molar-refractivity contribution is 6.43. The molecule has 0 aliphatic carbocycles. The molecule has 1 saturated heterocycles. The summed E-state index contributed by atoms with van der Waals surface area (Å²) >= 11 is 12.4. The van der Waals surface area contributed by atoms with E-state index >= 15 is 0 Å². The number of hydrogen-bond donors (Lipinski definition) is 1. The van der Waals surface area contributed by atoms with Crippen molar-refractivity contribution in [3.63, 3.8) is 0 Å². The number of rotatable bonds is 2. The van der Waals surface area contributed by atoms with Crippen LogP contribution < -0.4 is 4.90 Å². The second kappa shape index (κ2) is 6.22. The van der Waals surface area contributed by atoms with Crippen molar-refractivity contribution in [3.05, 3.63) is 34.4 Å². The van der Waals surface area contributed by atoms with Crippen molar-refractivity contribution in [2.45, 2.75) is 19.8 Å². The third-order valence-corrected chi connectivity index (χ3v) is 5.23. The summed E-state index contributed by atoms with van der Waals surface area (Å²) in [7, 11) is 0. The predicted octanol–water partition coefficient (Wildman–Crippen LogP) is 4.56. The predicted molar refractivity (Wildman–Crippen MR) is 97.8 cm³/mol. The highest BCUT2D eigenvalue weighted by Crippen LogP contribution is 2.35. The molecule has 1 aliphatic heterocycles. The number of hydrogen-bond acceptors (Lipinski definition) is 4. The Morgan fingerprint density at radius 3 is 2.88 bits per heavy atom. The molecule has 0 atom stereocenters. The maximum absolute atomic E-state index is 8.14. The normalized spacial score (nSPS) is 18.0. The largest absolute Gasteiger partial charge is 0.355 e. The fourth-order valence-corrected chi connectivity index (χ4v) is 3.34. The van der Waals surface area contributed by atoms with Gasteiger partial charge in [0.15, 0.2) is 0 Å². The molecule has 5 nitrogen and oxygen atoms in total. The molecule has 0 spiro atoms. The lowest BCUT2D eigenvalue weighted by Gasteiger charge is -2.30. The second-order valence-corrected chi connectivity index (χ2v) is 6.83. The molecule has 0 unspecified atom stereocenters. The number of aromatic nitrogens is 4. The molecule has 1 N–H and O–H groups in total. The van der Waals surface area contributed by atoms with Crippen LogP contribution in [0.2, 0.25) is 10.0 Å². The minimum Gasteiger partial charge on any atom is -0.355 e. The number of H-pyrrole nitrogens is 1. The Bertz CT molecular complexity index is 930. The summed E-state index contributed by atoms with van der Waals surface area (Å²) < 4.78 is 8.14. The fourth-order valence-electron chi connectivity index (χ4n) is 2.94. The smallest absolute Gasteiger partial charge is 0.202 e. The Hall–Kier alpha value is -1.85. The van der Waals surface area contributed by atoms with E-state index in [1.165, 1.54) is 0 Å². The number of fused-ring (bicyclic) bond motifs is 1. The summed E-state index contributed by atoms with van der Waals surface area (Å²) in [5.41, 5.74) is 2.67. The van der Waals surface area contributed by atoms with Crippen molar-refractivity contribution in [1.82, 2.24) is 20.2 Å². The van der Waals surface area contributed by atoms with Crippen LogP contribution in [0, 0.1) is 5.89 Å². The van der Waals surface area contributed by atoms with Crippen LogP contribution in [0.4, 0.5) is 5.82 Å². The van der Waals surface area contributed by atoms with Crippen molar-refractivity contribution in [3.8, 4) is 11.3 Å². The van der Waals surface area contributed by atoms with Gasteiger partial charge in [-0.15, -0.1) is 0 Å². The average Bonchev–Trinajstić information content (AvgIpc) is 3.00. The summed E-state index contributed by atoms with van der Waals surface area (Å²) in [4.78, 5) is 11.3. The SMILES string of the molecule is [2H]C1(C)CCN(c2cnc3c(-c4cccc(Cl)c4Cl)[nH]nc3n2)CC1. The fraction of sp³-hybridized carbons (Fsp3) is 0.353. The monoisotopic (exact) mass is 362 g/mol. The Kier molecular flexibility index (Phi) is 3.76. The van der Waals surface area contributed by atoms with Gasteiger partial charge in [-0.05, 0) is 24.8 Å². The van der Waals surface area contributed by atoms with Crippen LogP contribution in [0.3, 0.4) is 0 Å². The highest BCUT2D eigenvalue weighted by Gasteiger charge is 2.20. The van der Waals surface area contributed by atoms with Crippen molar-refractivity contribution in [2.75, 3.05) is 18.0 Å². The first kappa shape index (κ1) is 14.5. The van der Waals surface area contributed by atoms with E-state index in [4.69, 9.17) is 24.6 Å². The first-order valence-electron chi connectivity index (χ1n) is 8.35. The summed E-state index contributed by atoms with van der Waals surface area (Å²) in [5.74, 6) is 0.440.